The van der Waals surface area contributed by atoms with Crippen LogP contribution in [-0.4, -0.2) is 5.91 Å². The first-order valence-corrected chi connectivity index (χ1v) is 7.53. The normalized spacial score (nSPS) is 13.8. The molecule has 1 aliphatic rings. The van der Waals surface area contributed by atoms with E-state index in [4.69, 9.17) is 11.6 Å². The summed E-state index contributed by atoms with van der Waals surface area (Å²) in [6.45, 7) is 0.165. The van der Waals surface area contributed by atoms with E-state index in [0.717, 1.165) is 14.8 Å². The molecular formula is C15H10ClFINO. The second-order valence-corrected chi connectivity index (χ2v) is 6.28. The molecular weight excluding hydrogens is 392 g/mol. The minimum Gasteiger partial charge on any atom is -0.307 e. The predicted molar refractivity (Wildman–Crippen MR) is 85.5 cm³/mol. The van der Waals surface area contributed by atoms with Gasteiger partial charge in [-0.15, -0.1) is 0 Å². The zero-order valence-electron chi connectivity index (χ0n) is 10.4. The fourth-order valence-corrected chi connectivity index (χ4v) is 3.15. The lowest BCUT2D eigenvalue weighted by molar-refractivity contribution is -0.117. The molecule has 0 aliphatic carbocycles. The Morgan fingerprint density at radius 3 is 2.85 bits per heavy atom. The summed E-state index contributed by atoms with van der Waals surface area (Å²) in [6.07, 6.45) is 0.359. The zero-order chi connectivity index (χ0) is 14.3. The molecule has 102 valence electrons. The van der Waals surface area contributed by atoms with E-state index in [1.165, 1.54) is 6.07 Å². The number of halogens is 3. The molecule has 2 aromatic rings. The van der Waals surface area contributed by atoms with Gasteiger partial charge in [0.25, 0.3) is 0 Å². The van der Waals surface area contributed by atoms with Crippen molar-refractivity contribution in [2.75, 3.05) is 4.90 Å². The molecule has 2 aromatic carbocycles. The van der Waals surface area contributed by atoms with Crippen LogP contribution >= 0.6 is 34.2 Å². The van der Waals surface area contributed by atoms with E-state index >= 15 is 0 Å². The Morgan fingerprint density at radius 2 is 2.10 bits per heavy atom. The summed E-state index contributed by atoms with van der Waals surface area (Å²) < 4.78 is 14.9. The number of rotatable bonds is 2. The average molecular weight is 402 g/mol. The lowest BCUT2D eigenvalue weighted by Crippen LogP contribution is -2.26. The molecule has 0 aromatic heterocycles. The lowest BCUT2D eigenvalue weighted by atomic mass is 10.1. The van der Waals surface area contributed by atoms with E-state index in [0.29, 0.717) is 17.0 Å². The smallest absolute Gasteiger partial charge is 0.231 e. The van der Waals surface area contributed by atoms with Gasteiger partial charge in [-0.05, 0) is 58.5 Å². The van der Waals surface area contributed by atoms with Gasteiger partial charge in [-0.1, -0.05) is 17.7 Å². The number of hydrogen-bond donors (Lipinski definition) is 0. The zero-order valence-corrected chi connectivity index (χ0v) is 13.3. The molecule has 0 radical (unpaired) electrons. The van der Waals surface area contributed by atoms with E-state index < -0.39 is 0 Å². The van der Waals surface area contributed by atoms with Crippen LogP contribution in [0.2, 0.25) is 5.02 Å². The third kappa shape index (κ3) is 2.42. The van der Waals surface area contributed by atoms with E-state index in [2.05, 4.69) is 22.6 Å². The number of carbonyl (C=O) groups is 1. The van der Waals surface area contributed by atoms with E-state index in [1.807, 2.05) is 18.2 Å². The minimum atomic E-state index is -0.385. The van der Waals surface area contributed by atoms with Crippen LogP contribution in [-0.2, 0) is 17.8 Å². The molecule has 20 heavy (non-hydrogen) atoms. The van der Waals surface area contributed by atoms with Crippen LogP contribution in [0.25, 0.3) is 0 Å². The lowest BCUT2D eigenvalue weighted by Gasteiger charge is -2.18. The van der Waals surface area contributed by atoms with Gasteiger partial charge in [-0.25, -0.2) is 4.39 Å². The third-order valence-corrected chi connectivity index (χ3v) is 4.38. The SMILES string of the molecule is O=C1Cc2cc(I)ccc2N1Cc1c(F)cccc1Cl. The predicted octanol–water partition coefficient (Wildman–Crippen LogP) is 4.17. The first-order chi connectivity index (χ1) is 9.56. The van der Waals surface area contributed by atoms with E-state index in [1.54, 1.807) is 17.0 Å². The van der Waals surface area contributed by atoms with Crippen LogP contribution in [0.4, 0.5) is 10.1 Å². The number of anilines is 1. The highest BCUT2D eigenvalue weighted by Crippen LogP contribution is 2.33. The highest BCUT2D eigenvalue weighted by molar-refractivity contribution is 14.1. The first-order valence-electron chi connectivity index (χ1n) is 6.08. The molecule has 0 saturated heterocycles. The molecule has 2 nitrogen and oxygen atoms in total. The van der Waals surface area contributed by atoms with Crippen molar-refractivity contribution in [1.29, 1.82) is 0 Å². The topological polar surface area (TPSA) is 20.3 Å². The molecule has 0 saturated carbocycles. The maximum absolute atomic E-state index is 13.8. The Labute approximate surface area is 134 Å². The highest BCUT2D eigenvalue weighted by Gasteiger charge is 2.28. The van der Waals surface area contributed by atoms with Crippen molar-refractivity contribution in [1.82, 2.24) is 0 Å². The van der Waals surface area contributed by atoms with Gasteiger partial charge in [-0.3, -0.25) is 4.79 Å². The number of hydrogen-bond acceptors (Lipinski definition) is 1. The molecule has 0 spiro atoms. The Kier molecular flexibility index (Phi) is 3.69. The van der Waals surface area contributed by atoms with E-state index in [9.17, 15) is 9.18 Å². The van der Waals surface area contributed by atoms with Crippen LogP contribution < -0.4 is 4.90 Å². The Morgan fingerprint density at radius 1 is 1.30 bits per heavy atom. The van der Waals surface area contributed by atoms with Gasteiger partial charge >= 0.3 is 0 Å². The van der Waals surface area contributed by atoms with Crippen molar-refractivity contribution >= 4 is 45.8 Å². The quantitative estimate of drug-likeness (QED) is 0.692. The summed E-state index contributed by atoms with van der Waals surface area (Å²) in [5.41, 5.74) is 2.18. The molecule has 0 bridgehead atoms. The molecule has 5 heteroatoms. The number of amides is 1. The summed E-state index contributed by atoms with van der Waals surface area (Å²) in [5.74, 6) is -0.411. The van der Waals surface area contributed by atoms with Crippen molar-refractivity contribution < 1.29 is 9.18 Å². The Hall–Kier alpha value is -1.14. The first kappa shape index (κ1) is 13.8. The standard InChI is InChI=1S/C15H10ClFINO/c16-12-2-1-3-13(17)11(12)8-19-14-5-4-10(18)6-9(14)7-15(19)20/h1-6H,7-8H2. The van der Waals surface area contributed by atoms with Gasteiger partial charge < -0.3 is 4.90 Å². The second-order valence-electron chi connectivity index (χ2n) is 4.63. The summed E-state index contributed by atoms with van der Waals surface area (Å²) in [6, 6.07) is 10.4. The molecule has 3 rings (SSSR count). The van der Waals surface area contributed by atoms with Gasteiger partial charge in [0, 0.05) is 19.8 Å². The maximum Gasteiger partial charge on any atom is 0.231 e. The Bertz CT molecular complexity index is 684. The van der Waals surface area contributed by atoms with E-state index in [-0.39, 0.29) is 18.3 Å². The van der Waals surface area contributed by atoms with Crippen LogP contribution in [0.1, 0.15) is 11.1 Å². The second kappa shape index (κ2) is 5.33. The van der Waals surface area contributed by atoms with Gasteiger partial charge in [0.05, 0.1) is 13.0 Å². The van der Waals surface area contributed by atoms with Crippen LogP contribution in [0.15, 0.2) is 36.4 Å². The number of benzene rings is 2. The minimum absolute atomic E-state index is 0.0266. The summed E-state index contributed by atoms with van der Waals surface area (Å²) >= 11 is 8.24. The number of fused-ring (bicyclic) bond motifs is 1. The van der Waals surface area contributed by atoms with Gasteiger partial charge in [0.2, 0.25) is 5.91 Å². The highest BCUT2D eigenvalue weighted by atomic mass is 127. The largest absolute Gasteiger partial charge is 0.307 e. The maximum atomic E-state index is 13.8. The molecule has 0 N–H and O–H groups in total. The summed E-state index contributed by atoms with van der Waals surface area (Å²) in [7, 11) is 0. The third-order valence-electron chi connectivity index (χ3n) is 3.35. The summed E-state index contributed by atoms with van der Waals surface area (Å²) in [4.78, 5) is 13.7. The van der Waals surface area contributed by atoms with Crippen molar-refractivity contribution in [3.8, 4) is 0 Å². The van der Waals surface area contributed by atoms with Crippen LogP contribution in [0.5, 0.6) is 0 Å². The molecule has 1 amide bonds. The molecule has 0 fully saturated rings. The van der Waals surface area contributed by atoms with Crippen molar-refractivity contribution in [3.63, 3.8) is 0 Å². The number of nitrogens with zero attached hydrogens (tertiary/aromatic N) is 1. The fraction of sp³-hybridized carbons (Fsp3) is 0.133. The number of carbonyl (C=O) groups excluding carboxylic acids is 1. The van der Waals surface area contributed by atoms with Crippen molar-refractivity contribution in [2.45, 2.75) is 13.0 Å². The molecule has 1 aliphatic heterocycles. The van der Waals surface area contributed by atoms with Gasteiger partial charge in [0.15, 0.2) is 0 Å². The molecule has 1 heterocycles. The molecule has 0 unspecified atom stereocenters. The summed E-state index contributed by atoms with van der Waals surface area (Å²) in [5, 5.41) is 0.344. The van der Waals surface area contributed by atoms with Crippen molar-refractivity contribution in [2.24, 2.45) is 0 Å². The van der Waals surface area contributed by atoms with Gasteiger partial charge in [-0.2, -0.15) is 0 Å². The van der Waals surface area contributed by atoms with Crippen LogP contribution in [0.3, 0.4) is 0 Å². The fourth-order valence-electron chi connectivity index (χ4n) is 2.37. The van der Waals surface area contributed by atoms with Crippen molar-refractivity contribution in [3.05, 3.63) is 61.9 Å². The molecule has 0 atom stereocenters. The van der Waals surface area contributed by atoms with Gasteiger partial charge in [0.1, 0.15) is 5.82 Å². The van der Waals surface area contributed by atoms with Crippen LogP contribution in [0, 0.1) is 9.39 Å². The average Bonchev–Trinajstić information content (AvgIpc) is 2.69. The Balaban J connectivity index is 1.98. The monoisotopic (exact) mass is 401 g/mol.